The first kappa shape index (κ1) is 16.6. The Morgan fingerprint density at radius 1 is 1.24 bits per heavy atom. The van der Waals surface area contributed by atoms with Gasteiger partial charge in [0.05, 0.1) is 12.3 Å². The van der Waals surface area contributed by atoms with Gasteiger partial charge in [-0.15, -0.1) is 5.10 Å². The number of hydrogen-bond donors (Lipinski definition) is 1. The predicted octanol–water partition coefficient (Wildman–Crippen LogP) is 3.37. The maximum Gasteiger partial charge on any atom is 0.278 e. The summed E-state index contributed by atoms with van der Waals surface area (Å²) in [6, 6.07) is 13.0. The molecule has 25 heavy (non-hydrogen) atoms. The summed E-state index contributed by atoms with van der Waals surface area (Å²) in [5.74, 6) is -0.234. The number of nitrogens with one attached hydrogen (secondary N) is 1. The molecule has 0 radical (unpaired) electrons. The van der Waals surface area contributed by atoms with Gasteiger partial charge >= 0.3 is 0 Å². The van der Waals surface area contributed by atoms with Crippen molar-refractivity contribution in [3.8, 4) is 11.4 Å². The summed E-state index contributed by atoms with van der Waals surface area (Å²) in [7, 11) is 0. The van der Waals surface area contributed by atoms with Crippen molar-refractivity contribution in [1.82, 2.24) is 15.0 Å². The molecule has 7 heteroatoms. The van der Waals surface area contributed by atoms with Crippen molar-refractivity contribution in [2.45, 2.75) is 13.8 Å². The average Bonchev–Trinajstić information content (AvgIpc) is 2.97. The Balaban J connectivity index is 1.90. The Bertz CT molecular complexity index is 908. The van der Waals surface area contributed by atoms with Gasteiger partial charge in [0.15, 0.2) is 5.69 Å². The second kappa shape index (κ2) is 7.12. The number of benzene rings is 2. The van der Waals surface area contributed by atoms with Crippen molar-refractivity contribution in [2.75, 3.05) is 11.9 Å². The zero-order valence-electron chi connectivity index (χ0n) is 13.9. The molecule has 0 aliphatic heterocycles. The highest BCUT2D eigenvalue weighted by Crippen LogP contribution is 2.24. The maximum absolute atomic E-state index is 13.2. The van der Waals surface area contributed by atoms with E-state index in [1.165, 1.54) is 18.2 Å². The highest BCUT2D eigenvalue weighted by atomic mass is 19.1. The molecule has 1 aromatic heterocycles. The summed E-state index contributed by atoms with van der Waals surface area (Å²) in [6.07, 6.45) is 0. The zero-order chi connectivity index (χ0) is 17.8. The molecule has 2 aromatic carbocycles. The summed E-state index contributed by atoms with van der Waals surface area (Å²) >= 11 is 0. The Kier molecular flexibility index (Phi) is 4.74. The molecule has 6 nitrogen and oxygen atoms in total. The number of carbonyl (C=O) groups excluding carboxylic acids is 1. The molecule has 0 spiro atoms. The van der Waals surface area contributed by atoms with E-state index >= 15 is 0 Å². The summed E-state index contributed by atoms with van der Waals surface area (Å²) in [5.41, 5.74) is 1.77. The number of anilines is 1. The van der Waals surface area contributed by atoms with Crippen LogP contribution in [0.5, 0.6) is 5.75 Å². The van der Waals surface area contributed by atoms with Gasteiger partial charge in [-0.05, 0) is 44.2 Å². The minimum absolute atomic E-state index is 0.163. The lowest BCUT2D eigenvalue weighted by atomic mass is 10.2. The van der Waals surface area contributed by atoms with E-state index in [-0.39, 0.29) is 5.69 Å². The number of amides is 1. The van der Waals surface area contributed by atoms with Gasteiger partial charge in [0, 0.05) is 5.69 Å². The molecule has 3 aromatic rings. The van der Waals surface area contributed by atoms with E-state index in [9.17, 15) is 9.18 Å². The SMILES string of the molecule is CCOc1ccccc1-n1nnc(C(=O)Nc2cccc(F)c2)c1C. The molecule has 0 aliphatic carbocycles. The fourth-order valence-electron chi connectivity index (χ4n) is 2.43. The first-order chi connectivity index (χ1) is 12.1. The Labute approximate surface area is 144 Å². The molecule has 0 saturated heterocycles. The minimum atomic E-state index is -0.455. The first-order valence-electron chi connectivity index (χ1n) is 7.81. The number of hydrogen-bond acceptors (Lipinski definition) is 4. The van der Waals surface area contributed by atoms with Crippen molar-refractivity contribution < 1.29 is 13.9 Å². The van der Waals surface area contributed by atoms with Gasteiger partial charge < -0.3 is 10.1 Å². The van der Waals surface area contributed by atoms with E-state index in [4.69, 9.17) is 4.74 Å². The fourth-order valence-corrected chi connectivity index (χ4v) is 2.43. The molecule has 0 fully saturated rings. The van der Waals surface area contributed by atoms with E-state index in [0.29, 0.717) is 29.4 Å². The van der Waals surface area contributed by atoms with Gasteiger partial charge in [-0.3, -0.25) is 4.79 Å². The first-order valence-corrected chi connectivity index (χ1v) is 7.81. The third-order valence-electron chi connectivity index (χ3n) is 3.59. The molecule has 0 atom stereocenters. The number of ether oxygens (including phenoxy) is 1. The van der Waals surface area contributed by atoms with Crippen LogP contribution in [0.1, 0.15) is 23.1 Å². The molecule has 1 N–H and O–H groups in total. The van der Waals surface area contributed by atoms with Crippen molar-refractivity contribution in [3.05, 3.63) is 65.7 Å². The largest absolute Gasteiger partial charge is 0.492 e. The number of para-hydroxylation sites is 2. The molecular formula is C18H17FN4O2. The van der Waals surface area contributed by atoms with Crippen LogP contribution in [0.25, 0.3) is 5.69 Å². The van der Waals surface area contributed by atoms with Gasteiger partial charge in [-0.1, -0.05) is 23.4 Å². The van der Waals surface area contributed by atoms with E-state index in [1.807, 2.05) is 31.2 Å². The van der Waals surface area contributed by atoms with E-state index < -0.39 is 11.7 Å². The van der Waals surface area contributed by atoms with Crippen LogP contribution < -0.4 is 10.1 Å². The summed E-state index contributed by atoms with van der Waals surface area (Å²) < 4.78 is 20.4. The van der Waals surface area contributed by atoms with Crippen LogP contribution >= 0.6 is 0 Å². The van der Waals surface area contributed by atoms with Crippen LogP contribution in [-0.2, 0) is 0 Å². The fraction of sp³-hybridized carbons (Fsp3) is 0.167. The zero-order valence-corrected chi connectivity index (χ0v) is 13.9. The second-order valence-electron chi connectivity index (χ2n) is 5.30. The monoisotopic (exact) mass is 340 g/mol. The Morgan fingerprint density at radius 2 is 2.04 bits per heavy atom. The van der Waals surface area contributed by atoms with Crippen LogP contribution in [0.15, 0.2) is 48.5 Å². The predicted molar refractivity (Wildman–Crippen MR) is 91.6 cm³/mol. The van der Waals surface area contributed by atoms with Gasteiger partial charge in [0.1, 0.15) is 17.3 Å². The summed E-state index contributed by atoms with van der Waals surface area (Å²) in [5, 5.41) is 10.6. The van der Waals surface area contributed by atoms with Gasteiger partial charge in [0.2, 0.25) is 0 Å². The van der Waals surface area contributed by atoms with Crippen LogP contribution in [-0.4, -0.2) is 27.5 Å². The van der Waals surface area contributed by atoms with Crippen molar-refractivity contribution in [2.24, 2.45) is 0 Å². The standard InChI is InChI=1S/C18H17FN4O2/c1-3-25-16-10-5-4-9-15(16)23-12(2)17(21-22-23)18(24)20-14-8-6-7-13(19)11-14/h4-11H,3H2,1-2H3,(H,20,24). The number of aromatic nitrogens is 3. The number of nitrogens with zero attached hydrogens (tertiary/aromatic N) is 3. The van der Waals surface area contributed by atoms with Gasteiger partial charge in [-0.25, -0.2) is 9.07 Å². The highest BCUT2D eigenvalue weighted by Gasteiger charge is 2.19. The van der Waals surface area contributed by atoms with Crippen molar-refractivity contribution in [3.63, 3.8) is 0 Å². The summed E-state index contributed by atoms with van der Waals surface area (Å²) in [4.78, 5) is 12.4. The third kappa shape index (κ3) is 3.50. The van der Waals surface area contributed by atoms with Crippen molar-refractivity contribution in [1.29, 1.82) is 0 Å². The third-order valence-corrected chi connectivity index (χ3v) is 3.59. The Hall–Kier alpha value is -3.22. The lowest BCUT2D eigenvalue weighted by molar-refractivity contribution is 0.102. The summed E-state index contributed by atoms with van der Waals surface area (Å²) in [6.45, 7) is 4.14. The topological polar surface area (TPSA) is 69.0 Å². The van der Waals surface area contributed by atoms with Gasteiger partial charge in [-0.2, -0.15) is 0 Å². The van der Waals surface area contributed by atoms with E-state index in [2.05, 4.69) is 15.6 Å². The quantitative estimate of drug-likeness (QED) is 0.773. The van der Waals surface area contributed by atoms with Crippen LogP contribution in [0.3, 0.4) is 0 Å². The van der Waals surface area contributed by atoms with E-state index in [0.717, 1.165) is 0 Å². The smallest absolute Gasteiger partial charge is 0.278 e. The van der Waals surface area contributed by atoms with Gasteiger partial charge in [0.25, 0.3) is 5.91 Å². The van der Waals surface area contributed by atoms with Crippen LogP contribution in [0, 0.1) is 12.7 Å². The lowest BCUT2D eigenvalue weighted by Gasteiger charge is -2.10. The maximum atomic E-state index is 13.2. The number of halogens is 1. The van der Waals surface area contributed by atoms with Crippen LogP contribution in [0.2, 0.25) is 0 Å². The molecule has 0 aliphatic rings. The highest BCUT2D eigenvalue weighted by molar-refractivity contribution is 6.03. The van der Waals surface area contributed by atoms with Crippen LogP contribution in [0.4, 0.5) is 10.1 Å². The average molecular weight is 340 g/mol. The normalized spacial score (nSPS) is 10.5. The molecule has 128 valence electrons. The molecule has 1 heterocycles. The molecule has 1 amide bonds. The minimum Gasteiger partial charge on any atom is -0.492 e. The molecular weight excluding hydrogens is 323 g/mol. The Morgan fingerprint density at radius 3 is 2.80 bits per heavy atom. The molecule has 0 saturated carbocycles. The molecule has 0 bridgehead atoms. The van der Waals surface area contributed by atoms with E-state index in [1.54, 1.807) is 17.7 Å². The second-order valence-corrected chi connectivity index (χ2v) is 5.30. The molecule has 0 unspecified atom stereocenters. The number of carbonyl (C=O) groups is 1. The number of rotatable bonds is 5. The molecule has 3 rings (SSSR count). The van der Waals surface area contributed by atoms with Crippen molar-refractivity contribution >= 4 is 11.6 Å². The lowest BCUT2D eigenvalue weighted by Crippen LogP contribution is -2.14.